The maximum absolute atomic E-state index is 12.7. The van der Waals surface area contributed by atoms with E-state index in [0.717, 1.165) is 16.3 Å². The zero-order valence-electron chi connectivity index (χ0n) is 17.5. The van der Waals surface area contributed by atoms with E-state index in [-0.39, 0.29) is 11.2 Å². The highest BCUT2D eigenvalue weighted by atomic mass is 32.2. The monoisotopic (exact) mass is 465 g/mol. The van der Waals surface area contributed by atoms with Crippen molar-refractivity contribution in [2.45, 2.75) is 17.1 Å². The minimum Gasteiger partial charge on any atom is -0.486 e. The number of nitrogens with one attached hydrogen (secondary N) is 3. The van der Waals surface area contributed by atoms with Crippen molar-refractivity contribution >= 4 is 52.1 Å². The van der Waals surface area contributed by atoms with Gasteiger partial charge >= 0.3 is 0 Å². The lowest BCUT2D eigenvalue weighted by molar-refractivity contribution is -0.115. The predicted octanol–water partition coefficient (Wildman–Crippen LogP) is 5.39. The van der Waals surface area contributed by atoms with Gasteiger partial charge in [0.05, 0.1) is 5.25 Å². The van der Waals surface area contributed by atoms with Crippen LogP contribution in [0.15, 0.2) is 77.7 Å². The van der Waals surface area contributed by atoms with Crippen LogP contribution in [0.2, 0.25) is 0 Å². The van der Waals surface area contributed by atoms with Crippen molar-refractivity contribution in [1.82, 2.24) is 0 Å². The zero-order valence-corrected chi connectivity index (χ0v) is 19.1. The largest absolute Gasteiger partial charge is 0.486 e. The molecule has 3 N–H and O–H groups in total. The van der Waals surface area contributed by atoms with Crippen LogP contribution in [0.4, 0.5) is 17.1 Å². The Morgan fingerprint density at radius 2 is 1.53 bits per heavy atom. The molecule has 1 unspecified atom stereocenters. The number of hydrogen-bond acceptors (Lipinski definition) is 5. The van der Waals surface area contributed by atoms with Gasteiger partial charge in [-0.2, -0.15) is 0 Å². The van der Waals surface area contributed by atoms with Crippen molar-refractivity contribution in [2.24, 2.45) is 0 Å². The Labute approximate surface area is 196 Å². The highest BCUT2D eigenvalue weighted by Gasteiger charge is 2.17. The van der Waals surface area contributed by atoms with Crippen molar-refractivity contribution in [3.05, 3.63) is 72.8 Å². The fourth-order valence-electron chi connectivity index (χ4n) is 3.08. The molecule has 0 radical (unpaired) electrons. The Balaban J connectivity index is 1.33. The fourth-order valence-corrected chi connectivity index (χ4v) is 4.25. The van der Waals surface area contributed by atoms with Gasteiger partial charge in [-0.3, -0.25) is 4.79 Å². The summed E-state index contributed by atoms with van der Waals surface area (Å²) in [6.45, 7) is 2.92. The number of ether oxygens (including phenoxy) is 2. The number of amides is 1. The molecule has 0 fully saturated rings. The molecule has 0 spiro atoms. The number of fused-ring (bicyclic) bond motifs is 1. The number of carbonyl (C=O) groups is 1. The van der Waals surface area contributed by atoms with Crippen LogP contribution < -0.4 is 25.4 Å². The number of carbonyl (C=O) groups excluding carboxylic acids is 1. The molecule has 8 heteroatoms. The molecule has 0 saturated heterocycles. The van der Waals surface area contributed by atoms with Crippen molar-refractivity contribution < 1.29 is 14.3 Å². The molecule has 1 atom stereocenters. The molecule has 0 saturated carbocycles. The summed E-state index contributed by atoms with van der Waals surface area (Å²) in [5, 5.41) is 9.48. The molecule has 1 aliphatic rings. The highest BCUT2D eigenvalue weighted by molar-refractivity contribution is 8.00. The fraction of sp³-hybridized carbons (Fsp3) is 0.167. The Kier molecular flexibility index (Phi) is 7.14. The van der Waals surface area contributed by atoms with Gasteiger partial charge in [0.2, 0.25) is 5.91 Å². The second kappa shape index (κ2) is 10.4. The first-order chi connectivity index (χ1) is 15.6. The average Bonchev–Trinajstić information content (AvgIpc) is 2.80. The summed E-state index contributed by atoms with van der Waals surface area (Å²) in [6, 6.07) is 22.9. The maximum atomic E-state index is 12.7. The molecule has 3 aromatic carbocycles. The quantitative estimate of drug-likeness (QED) is 0.333. The van der Waals surface area contributed by atoms with Crippen LogP contribution in [0.25, 0.3) is 0 Å². The van der Waals surface area contributed by atoms with Crippen molar-refractivity contribution in [3.63, 3.8) is 0 Å². The van der Waals surface area contributed by atoms with E-state index in [2.05, 4.69) is 16.0 Å². The minimum atomic E-state index is -0.298. The van der Waals surface area contributed by atoms with Crippen LogP contribution in [0.1, 0.15) is 6.92 Å². The number of rotatable bonds is 6. The molecule has 0 aliphatic carbocycles. The Morgan fingerprint density at radius 3 is 2.34 bits per heavy atom. The summed E-state index contributed by atoms with van der Waals surface area (Å²) in [7, 11) is 0. The van der Waals surface area contributed by atoms with Gasteiger partial charge in [0, 0.05) is 28.0 Å². The molecule has 4 rings (SSSR count). The van der Waals surface area contributed by atoms with Crippen LogP contribution in [0.3, 0.4) is 0 Å². The summed E-state index contributed by atoms with van der Waals surface area (Å²) < 4.78 is 11.1. The van der Waals surface area contributed by atoms with E-state index < -0.39 is 0 Å². The topological polar surface area (TPSA) is 71.6 Å². The van der Waals surface area contributed by atoms with Gasteiger partial charge in [-0.15, -0.1) is 11.8 Å². The molecule has 1 heterocycles. The van der Waals surface area contributed by atoms with Crippen LogP contribution in [0.5, 0.6) is 11.5 Å². The first-order valence-electron chi connectivity index (χ1n) is 10.2. The van der Waals surface area contributed by atoms with Gasteiger partial charge in [0.15, 0.2) is 16.6 Å². The Morgan fingerprint density at radius 1 is 0.844 bits per heavy atom. The van der Waals surface area contributed by atoms with E-state index >= 15 is 0 Å². The number of anilines is 3. The highest BCUT2D eigenvalue weighted by Crippen LogP contribution is 2.33. The van der Waals surface area contributed by atoms with Gasteiger partial charge in [0.1, 0.15) is 13.2 Å². The first kappa shape index (κ1) is 22.0. The maximum Gasteiger partial charge on any atom is 0.237 e. The number of thiocarbonyl (C=S) groups is 1. The van der Waals surface area contributed by atoms with Crippen molar-refractivity contribution in [1.29, 1.82) is 0 Å². The van der Waals surface area contributed by atoms with Crippen LogP contribution in [-0.2, 0) is 4.79 Å². The van der Waals surface area contributed by atoms with E-state index in [1.807, 2.05) is 73.7 Å². The Hall–Kier alpha value is -3.23. The molecule has 1 aliphatic heterocycles. The van der Waals surface area contributed by atoms with Crippen molar-refractivity contribution in [3.8, 4) is 11.5 Å². The summed E-state index contributed by atoms with van der Waals surface area (Å²) in [5.74, 6) is 1.25. The van der Waals surface area contributed by atoms with Gasteiger partial charge in [-0.05, 0) is 61.6 Å². The number of hydrogen-bond donors (Lipinski definition) is 3. The molecule has 6 nitrogen and oxygen atoms in total. The molecule has 164 valence electrons. The molecule has 0 aromatic heterocycles. The van der Waals surface area contributed by atoms with E-state index in [9.17, 15) is 4.79 Å². The minimum absolute atomic E-state index is 0.0914. The smallest absolute Gasteiger partial charge is 0.237 e. The SMILES string of the molecule is CC(Sc1cccc(NC(=S)Nc2ccccc2)c1)C(=O)Nc1ccc2c(c1)OCCO2. The van der Waals surface area contributed by atoms with Crippen LogP contribution in [-0.4, -0.2) is 29.5 Å². The van der Waals surface area contributed by atoms with Gasteiger partial charge < -0.3 is 25.4 Å². The van der Waals surface area contributed by atoms with Crippen LogP contribution >= 0.6 is 24.0 Å². The summed E-state index contributed by atoms with van der Waals surface area (Å²) in [4.78, 5) is 13.7. The van der Waals surface area contributed by atoms with Gasteiger partial charge in [-0.1, -0.05) is 24.3 Å². The second-order valence-corrected chi connectivity index (χ2v) is 8.90. The third kappa shape index (κ3) is 5.93. The molecule has 0 bridgehead atoms. The number of thioether (sulfide) groups is 1. The standard InChI is InChI=1S/C24H23N3O3S2/c1-16(23(28)25-19-10-11-21-22(15-19)30-13-12-29-21)32-20-9-5-8-18(14-20)27-24(31)26-17-6-3-2-4-7-17/h2-11,14-16H,12-13H2,1H3,(H,25,28)(H2,26,27,31). The summed E-state index contributed by atoms with van der Waals surface area (Å²) in [6.07, 6.45) is 0. The lowest BCUT2D eigenvalue weighted by atomic mass is 10.2. The lowest BCUT2D eigenvalue weighted by Crippen LogP contribution is -2.23. The first-order valence-corrected chi connectivity index (χ1v) is 11.5. The molecular formula is C24H23N3O3S2. The van der Waals surface area contributed by atoms with E-state index in [4.69, 9.17) is 21.7 Å². The average molecular weight is 466 g/mol. The number of benzene rings is 3. The third-order valence-electron chi connectivity index (χ3n) is 4.62. The molecule has 32 heavy (non-hydrogen) atoms. The zero-order chi connectivity index (χ0) is 22.3. The summed E-state index contributed by atoms with van der Waals surface area (Å²) in [5.41, 5.74) is 2.45. The molecule has 1 amide bonds. The van der Waals surface area contributed by atoms with E-state index in [0.29, 0.717) is 35.5 Å². The van der Waals surface area contributed by atoms with E-state index in [1.165, 1.54) is 11.8 Å². The van der Waals surface area contributed by atoms with Crippen molar-refractivity contribution in [2.75, 3.05) is 29.2 Å². The summed E-state index contributed by atoms with van der Waals surface area (Å²) >= 11 is 6.87. The van der Waals surface area contributed by atoms with E-state index in [1.54, 1.807) is 6.07 Å². The third-order valence-corrected chi connectivity index (χ3v) is 5.91. The van der Waals surface area contributed by atoms with Gasteiger partial charge in [0.25, 0.3) is 0 Å². The normalized spacial score (nSPS) is 13.0. The molecule has 3 aromatic rings. The Bertz CT molecular complexity index is 1110. The lowest BCUT2D eigenvalue weighted by Gasteiger charge is -2.19. The predicted molar refractivity (Wildman–Crippen MR) is 134 cm³/mol. The molecular weight excluding hydrogens is 442 g/mol. The van der Waals surface area contributed by atoms with Gasteiger partial charge in [-0.25, -0.2) is 0 Å². The van der Waals surface area contributed by atoms with Crippen LogP contribution in [0, 0.1) is 0 Å². The second-order valence-electron chi connectivity index (χ2n) is 7.08. The number of para-hydroxylation sites is 1.